The Hall–Kier alpha value is -1.79. The lowest BCUT2D eigenvalue weighted by atomic mass is 10.3. The molecule has 1 heterocycles. The molecule has 1 rings (SSSR count). The van der Waals surface area contributed by atoms with E-state index in [0.717, 1.165) is 12.3 Å². The normalized spacial score (nSPS) is 11.2. The number of esters is 1. The highest BCUT2D eigenvalue weighted by Gasteiger charge is 2.30. The Bertz CT molecular complexity index is 404. The van der Waals surface area contributed by atoms with E-state index in [-0.39, 0.29) is 19.0 Å². The van der Waals surface area contributed by atoms with E-state index in [4.69, 9.17) is 4.74 Å². The minimum absolute atomic E-state index is 0.0633. The van der Waals surface area contributed by atoms with Crippen LogP contribution in [0.5, 0.6) is 0 Å². The van der Waals surface area contributed by atoms with E-state index in [9.17, 15) is 18.0 Å². The smallest absolute Gasteiger partial charge is 0.417 e. The summed E-state index contributed by atoms with van der Waals surface area (Å²) in [6, 6.07) is 2.13. The third kappa shape index (κ3) is 3.90. The van der Waals surface area contributed by atoms with Crippen LogP contribution in [-0.2, 0) is 15.7 Å². The van der Waals surface area contributed by atoms with Gasteiger partial charge in [0.15, 0.2) is 0 Å². The van der Waals surface area contributed by atoms with Crippen LogP contribution in [-0.4, -0.2) is 31.2 Å². The number of rotatable bonds is 4. The summed E-state index contributed by atoms with van der Waals surface area (Å²) >= 11 is 0. The molecule has 0 atom stereocenters. The van der Waals surface area contributed by atoms with Gasteiger partial charge in [-0.25, -0.2) is 4.98 Å². The Morgan fingerprint density at radius 1 is 1.44 bits per heavy atom. The van der Waals surface area contributed by atoms with Gasteiger partial charge in [-0.2, -0.15) is 13.2 Å². The number of pyridine rings is 1. The first kappa shape index (κ1) is 14.3. The molecule has 0 radical (unpaired) electrons. The zero-order valence-corrected chi connectivity index (χ0v) is 9.99. The Labute approximate surface area is 102 Å². The second kappa shape index (κ2) is 5.70. The Morgan fingerprint density at radius 3 is 2.56 bits per heavy atom. The van der Waals surface area contributed by atoms with Gasteiger partial charge in [-0.3, -0.25) is 4.79 Å². The lowest BCUT2D eigenvalue weighted by Crippen LogP contribution is -2.27. The van der Waals surface area contributed by atoms with Gasteiger partial charge in [0, 0.05) is 13.2 Å². The summed E-state index contributed by atoms with van der Waals surface area (Å²) in [7, 11) is 1.55. The number of carbonyl (C=O) groups excluding carboxylic acids is 1. The molecule has 7 heteroatoms. The average molecular weight is 262 g/mol. The third-order valence-electron chi connectivity index (χ3n) is 2.14. The molecule has 1 aromatic rings. The third-order valence-corrected chi connectivity index (χ3v) is 2.14. The molecule has 0 saturated heterocycles. The standard InChI is InChI=1S/C11H13F3N2O2/c1-3-18-10(17)7-16(2)9-5-4-8(6-15-9)11(12,13)14/h4-6H,3,7H2,1-2H3. The fourth-order valence-corrected chi connectivity index (χ4v) is 1.26. The van der Waals surface area contributed by atoms with Crippen LogP contribution in [0.3, 0.4) is 0 Å². The predicted molar refractivity (Wildman–Crippen MR) is 59.1 cm³/mol. The Kier molecular flexibility index (Phi) is 4.52. The van der Waals surface area contributed by atoms with Gasteiger partial charge in [-0.1, -0.05) is 0 Å². The first-order valence-corrected chi connectivity index (χ1v) is 5.24. The number of hydrogen-bond donors (Lipinski definition) is 0. The van der Waals surface area contributed by atoms with Crippen molar-refractivity contribution in [2.75, 3.05) is 25.1 Å². The van der Waals surface area contributed by atoms with E-state index in [1.165, 1.54) is 11.0 Å². The van der Waals surface area contributed by atoms with Gasteiger partial charge in [-0.15, -0.1) is 0 Å². The van der Waals surface area contributed by atoms with Crippen LogP contribution in [0.4, 0.5) is 19.0 Å². The zero-order chi connectivity index (χ0) is 13.8. The number of alkyl halides is 3. The predicted octanol–water partition coefficient (Wildman–Crippen LogP) is 2.10. The monoisotopic (exact) mass is 262 g/mol. The number of likely N-dealkylation sites (N-methyl/N-ethyl adjacent to an activating group) is 1. The second-order valence-corrected chi connectivity index (χ2v) is 3.56. The second-order valence-electron chi connectivity index (χ2n) is 3.56. The molecular weight excluding hydrogens is 249 g/mol. The molecule has 0 aliphatic carbocycles. The molecule has 0 spiro atoms. The quantitative estimate of drug-likeness (QED) is 0.779. The summed E-state index contributed by atoms with van der Waals surface area (Å²) in [5.41, 5.74) is -0.823. The zero-order valence-electron chi connectivity index (χ0n) is 9.99. The van der Waals surface area contributed by atoms with Crippen LogP contribution in [0.25, 0.3) is 0 Å². The number of carbonyl (C=O) groups is 1. The van der Waals surface area contributed by atoms with Crippen LogP contribution >= 0.6 is 0 Å². The molecule has 0 N–H and O–H groups in total. The van der Waals surface area contributed by atoms with E-state index >= 15 is 0 Å². The van der Waals surface area contributed by atoms with Crippen molar-refractivity contribution < 1.29 is 22.7 Å². The summed E-state index contributed by atoms with van der Waals surface area (Å²) in [5.74, 6) is -0.183. The Morgan fingerprint density at radius 2 is 2.11 bits per heavy atom. The summed E-state index contributed by atoms with van der Waals surface area (Å²) in [4.78, 5) is 16.3. The number of anilines is 1. The molecular formula is C11H13F3N2O2. The first-order chi connectivity index (χ1) is 8.34. The van der Waals surface area contributed by atoms with Crippen molar-refractivity contribution in [1.82, 2.24) is 4.98 Å². The molecule has 0 aliphatic rings. The van der Waals surface area contributed by atoms with Gasteiger partial charge in [0.1, 0.15) is 12.4 Å². The van der Waals surface area contributed by atoms with E-state index in [0.29, 0.717) is 0 Å². The van der Waals surface area contributed by atoms with E-state index < -0.39 is 17.7 Å². The summed E-state index contributed by atoms with van der Waals surface area (Å²) in [6.45, 7) is 1.87. The fourth-order valence-electron chi connectivity index (χ4n) is 1.26. The molecule has 100 valence electrons. The highest BCUT2D eigenvalue weighted by molar-refractivity contribution is 5.75. The van der Waals surface area contributed by atoms with Crippen molar-refractivity contribution in [2.45, 2.75) is 13.1 Å². The molecule has 0 bridgehead atoms. The average Bonchev–Trinajstić information content (AvgIpc) is 2.28. The van der Waals surface area contributed by atoms with E-state index in [2.05, 4.69) is 4.98 Å². The van der Waals surface area contributed by atoms with Gasteiger partial charge >= 0.3 is 12.1 Å². The molecule has 0 aromatic carbocycles. The maximum atomic E-state index is 12.3. The fraction of sp³-hybridized carbons (Fsp3) is 0.455. The molecule has 0 fully saturated rings. The van der Waals surface area contributed by atoms with Crippen LogP contribution < -0.4 is 4.90 Å². The van der Waals surface area contributed by atoms with Crippen molar-refractivity contribution in [1.29, 1.82) is 0 Å². The van der Waals surface area contributed by atoms with Gasteiger partial charge in [0.2, 0.25) is 0 Å². The van der Waals surface area contributed by atoms with Crippen molar-refractivity contribution >= 4 is 11.8 Å². The topological polar surface area (TPSA) is 42.4 Å². The van der Waals surface area contributed by atoms with Crippen molar-refractivity contribution in [2.24, 2.45) is 0 Å². The van der Waals surface area contributed by atoms with Crippen LogP contribution in [0.1, 0.15) is 12.5 Å². The minimum Gasteiger partial charge on any atom is -0.465 e. The highest BCUT2D eigenvalue weighted by atomic mass is 19.4. The van der Waals surface area contributed by atoms with E-state index in [1.54, 1.807) is 14.0 Å². The minimum atomic E-state index is -4.41. The molecule has 0 aliphatic heterocycles. The Balaban J connectivity index is 2.70. The first-order valence-electron chi connectivity index (χ1n) is 5.24. The molecule has 4 nitrogen and oxygen atoms in total. The molecule has 1 aromatic heterocycles. The number of aromatic nitrogens is 1. The van der Waals surface area contributed by atoms with Crippen molar-refractivity contribution in [3.05, 3.63) is 23.9 Å². The maximum Gasteiger partial charge on any atom is 0.417 e. The van der Waals surface area contributed by atoms with Crippen LogP contribution in [0.15, 0.2) is 18.3 Å². The largest absolute Gasteiger partial charge is 0.465 e. The highest BCUT2D eigenvalue weighted by Crippen LogP contribution is 2.29. The van der Waals surface area contributed by atoms with E-state index in [1.807, 2.05) is 0 Å². The van der Waals surface area contributed by atoms with Crippen LogP contribution in [0.2, 0.25) is 0 Å². The lowest BCUT2D eigenvalue weighted by Gasteiger charge is -2.17. The van der Waals surface area contributed by atoms with Crippen molar-refractivity contribution in [3.8, 4) is 0 Å². The number of ether oxygens (including phenoxy) is 1. The molecule has 0 saturated carbocycles. The summed E-state index contributed by atoms with van der Waals surface area (Å²) < 4.78 is 41.6. The molecule has 0 unspecified atom stereocenters. The molecule has 0 amide bonds. The maximum absolute atomic E-state index is 12.3. The SMILES string of the molecule is CCOC(=O)CN(C)c1ccc(C(F)(F)F)cn1. The van der Waals surface area contributed by atoms with Gasteiger partial charge in [0.05, 0.1) is 12.2 Å². The summed E-state index contributed by atoms with van der Waals surface area (Å²) in [5, 5.41) is 0. The van der Waals surface area contributed by atoms with Crippen LogP contribution in [0, 0.1) is 0 Å². The number of halogens is 3. The lowest BCUT2D eigenvalue weighted by molar-refractivity contribution is -0.141. The number of hydrogen-bond acceptors (Lipinski definition) is 4. The number of nitrogens with zero attached hydrogens (tertiary/aromatic N) is 2. The van der Waals surface area contributed by atoms with Crippen molar-refractivity contribution in [3.63, 3.8) is 0 Å². The van der Waals surface area contributed by atoms with Gasteiger partial charge in [0.25, 0.3) is 0 Å². The molecule has 18 heavy (non-hydrogen) atoms. The van der Waals surface area contributed by atoms with Gasteiger partial charge < -0.3 is 9.64 Å². The van der Waals surface area contributed by atoms with Gasteiger partial charge in [-0.05, 0) is 19.1 Å². The summed E-state index contributed by atoms with van der Waals surface area (Å²) in [6.07, 6.45) is -3.68.